The number of furan rings is 1. The van der Waals surface area contributed by atoms with Gasteiger partial charge in [-0.2, -0.15) is 5.10 Å². The van der Waals surface area contributed by atoms with Crippen molar-refractivity contribution in [3.05, 3.63) is 130 Å². The molecule has 0 spiro atoms. The second-order valence-electron chi connectivity index (χ2n) is 8.97. The monoisotopic (exact) mass is 583 g/mol. The van der Waals surface area contributed by atoms with Crippen LogP contribution in [0.1, 0.15) is 16.9 Å². The number of hydrogen-bond acceptors (Lipinski definition) is 6. The number of carbonyl (C=O) groups is 1. The lowest BCUT2D eigenvalue weighted by Crippen LogP contribution is -2.27. The molecule has 0 N–H and O–H groups in total. The third kappa shape index (κ3) is 5.60. The number of thioether (sulfide) groups is 1. The maximum atomic E-state index is 13.3. The highest BCUT2D eigenvalue weighted by Gasteiger charge is 2.33. The summed E-state index contributed by atoms with van der Waals surface area (Å²) in [7, 11) is 0. The fourth-order valence-corrected chi connectivity index (χ4v) is 5.71. The van der Waals surface area contributed by atoms with Gasteiger partial charge in [-0.3, -0.25) is 9.69 Å². The van der Waals surface area contributed by atoms with Gasteiger partial charge >= 0.3 is 0 Å². The van der Waals surface area contributed by atoms with Gasteiger partial charge in [0.05, 0.1) is 23.4 Å². The summed E-state index contributed by atoms with van der Waals surface area (Å²) < 4.78 is 13.8. The fourth-order valence-electron chi connectivity index (χ4n) is 4.28. The number of benzene rings is 3. The summed E-state index contributed by atoms with van der Waals surface area (Å²) in [5.41, 5.74) is 4.15. The number of para-hydroxylation sites is 1. The standard InChI is InChI=1S/C31H22ClN3O3S2/c32-27-14-5-4-8-22(27)20-38-25-12-6-9-21(16-25)29-23(18-35(33-29)24-10-2-1-3-11-24)17-28-30(36)34(31(39)40-28)19-26-13-7-15-37-26/h1-18H,19-20H2. The lowest BCUT2D eigenvalue weighted by molar-refractivity contribution is -0.122. The van der Waals surface area contributed by atoms with Crippen molar-refractivity contribution in [2.24, 2.45) is 0 Å². The van der Waals surface area contributed by atoms with Crippen LogP contribution in [0.5, 0.6) is 5.75 Å². The van der Waals surface area contributed by atoms with Crippen LogP contribution in [0.2, 0.25) is 5.02 Å². The largest absolute Gasteiger partial charge is 0.489 e. The third-order valence-corrected chi connectivity index (χ3v) is 8.02. The first-order valence-electron chi connectivity index (χ1n) is 12.4. The minimum Gasteiger partial charge on any atom is -0.489 e. The number of carbonyl (C=O) groups excluding carboxylic acids is 1. The van der Waals surface area contributed by atoms with E-state index in [1.807, 2.05) is 102 Å². The number of ether oxygens (including phenoxy) is 1. The van der Waals surface area contributed by atoms with E-state index in [1.54, 1.807) is 17.2 Å². The smallest absolute Gasteiger partial charge is 0.266 e. The van der Waals surface area contributed by atoms with Crippen LogP contribution in [0.25, 0.3) is 23.0 Å². The second kappa shape index (κ2) is 11.6. The van der Waals surface area contributed by atoms with Gasteiger partial charge in [0.25, 0.3) is 5.91 Å². The van der Waals surface area contributed by atoms with E-state index in [0.29, 0.717) is 38.1 Å². The summed E-state index contributed by atoms with van der Waals surface area (Å²) in [5, 5.41) is 5.56. The van der Waals surface area contributed by atoms with E-state index < -0.39 is 0 Å². The molecule has 1 fully saturated rings. The van der Waals surface area contributed by atoms with Crippen molar-refractivity contribution in [2.75, 3.05) is 0 Å². The molecule has 0 saturated carbocycles. The molecule has 1 saturated heterocycles. The number of rotatable bonds is 8. The van der Waals surface area contributed by atoms with Crippen molar-refractivity contribution in [1.29, 1.82) is 0 Å². The van der Waals surface area contributed by atoms with Crippen LogP contribution in [-0.4, -0.2) is 24.9 Å². The molecule has 40 heavy (non-hydrogen) atoms. The van der Waals surface area contributed by atoms with E-state index >= 15 is 0 Å². The van der Waals surface area contributed by atoms with Gasteiger partial charge in [0.1, 0.15) is 28.1 Å². The first kappa shape index (κ1) is 26.1. The van der Waals surface area contributed by atoms with Crippen molar-refractivity contribution >= 4 is 51.9 Å². The molecule has 0 atom stereocenters. The van der Waals surface area contributed by atoms with E-state index in [9.17, 15) is 4.79 Å². The number of nitrogens with zero attached hydrogens (tertiary/aromatic N) is 3. The number of thiocarbonyl (C=S) groups is 1. The number of aromatic nitrogens is 2. The molecule has 0 unspecified atom stereocenters. The van der Waals surface area contributed by atoms with Gasteiger partial charge in [0, 0.05) is 27.9 Å². The molecule has 5 aromatic rings. The highest BCUT2D eigenvalue weighted by Crippen LogP contribution is 2.36. The van der Waals surface area contributed by atoms with Gasteiger partial charge in [0.2, 0.25) is 0 Å². The maximum Gasteiger partial charge on any atom is 0.266 e. The quantitative estimate of drug-likeness (QED) is 0.137. The van der Waals surface area contributed by atoms with Crippen LogP contribution in [0.15, 0.2) is 113 Å². The fraction of sp³-hybridized carbons (Fsp3) is 0.0645. The summed E-state index contributed by atoms with van der Waals surface area (Å²) in [5.74, 6) is 1.19. The molecule has 3 aromatic carbocycles. The molecule has 0 aliphatic carbocycles. The molecule has 1 amide bonds. The van der Waals surface area contributed by atoms with Crippen molar-refractivity contribution in [3.8, 4) is 22.7 Å². The zero-order valence-electron chi connectivity index (χ0n) is 21.1. The summed E-state index contributed by atoms with van der Waals surface area (Å²) in [6.07, 6.45) is 5.35. The third-order valence-electron chi connectivity index (χ3n) is 6.28. The highest BCUT2D eigenvalue weighted by atomic mass is 35.5. The first-order chi connectivity index (χ1) is 19.5. The van der Waals surface area contributed by atoms with Crippen LogP contribution in [0.3, 0.4) is 0 Å². The number of hydrogen-bond donors (Lipinski definition) is 0. The Balaban J connectivity index is 1.33. The van der Waals surface area contributed by atoms with Crippen molar-refractivity contribution < 1.29 is 13.9 Å². The SMILES string of the molecule is O=C1C(=Cc2cn(-c3ccccc3)nc2-c2cccc(OCc3ccccc3Cl)c2)SC(=S)N1Cc1ccco1. The van der Waals surface area contributed by atoms with Gasteiger partial charge in [-0.05, 0) is 48.5 Å². The second-order valence-corrected chi connectivity index (χ2v) is 11.1. The summed E-state index contributed by atoms with van der Waals surface area (Å²) >= 11 is 13.1. The van der Waals surface area contributed by atoms with Crippen LogP contribution >= 0.6 is 35.6 Å². The molecular formula is C31H22ClN3O3S2. The Morgan fingerprint density at radius 2 is 1.82 bits per heavy atom. The van der Waals surface area contributed by atoms with Crippen LogP contribution in [-0.2, 0) is 17.9 Å². The Hall–Kier alpha value is -4.11. The molecule has 9 heteroatoms. The van der Waals surface area contributed by atoms with Crippen molar-refractivity contribution in [2.45, 2.75) is 13.2 Å². The number of halogens is 1. The maximum absolute atomic E-state index is 13.3. The minimum absolute atomic E-state index is 0.165. The molecule has 3 heterocycles. The Labute approximate surface area is 245 Å². The van der Waals surface area contributed by atoms with E-state index in [2.05, 4.69) is 0 Å². The normalized spacial score (nSPS) is 14.3. The van der Waals surface area contributed by atoms with Crippen molar-refractivity contribution in [3.63, 3.8) is 0 Å². The molecule has 198 valence electrons. The topological polar surface area (TPSA) is 60.5 Å². The molecule has 0 bridgehead atoms. The molecule has 0 radical (unpaired) electrons. The van der Waals surface area contributed by atoms with Crippen LogP contribution < -0.4 is 4.74 Å². The molecule has 1 aliphatic heterocycles. The summed E-state index contributed by atoms with van der Waals surface area (Å²) in [6.45, 7) is 0.628. The molecule has 6 nitrogen and oxygen atoms in total. The van der Waals surface area contributed by atoms with Crippen molar-refractivity contribution in [1.82, 2.24) is 14.7 Å². The zero-order valence-corrected chi connectivity index (χ0v) is 23.5. The zero-order chi connectivity index (χ0) is 27.5. The number of amides is 1. The van der Waals surface area contributed by atoms with Crippen LogP contribution in [0.4, 0.5) is 0 Å². The van der Waals surface area contributed by atoms with Gasteiger partial charge in [0.15, 0.2) is 0 Å². The van der Waals surface area contributed by atoms with Gasteiger partial charge in [-0.15, -0.1) is 0 Å². The predicted molar refractivity (Wildman–Crippen MR) is 162 cm³/mol. The molecular weight excluding hydrogens is 562 g/mol. The van der Waals surface area contributed by atoms with E-state index in [4.69, 9.17) is 38.1 Å². The van der Waals surface area contributed by atoms with E-state index in [0.717, 1.165) is 22.4 Å². The molecule has 1 aliphatic rings. The Bertz CT molecular complexity index is 1710. The Morgan fingerprint density at radius 1 is 1.00 bits per heavy atom. The average molecular weight is 584 g/mol. The molecule has 2 aromatic heterocycles. The summed E-state index contributed by atoms with van der Waals surface area (Å²) in [4.78, 5) is 15.4. The van der Waals surface area contributed by atoms with Gasteiger partial charge in [-0.1, -0.05) is 84.1 Å². The Kier molecular flexibility index (Phi) is 7.55. The van der Waals surface area contributed by atoms with Gasteiger partial charge < -0.3 is 9.15 Å². The minimum atomic E-state index is -0.165. The Morgan fingerprint density at radius 3 is 2.62 bits per heavy atom. The van der Waals surface area contributed by atoms with E-state index in [-0.39, 0.29) is 12.5 Å². The van der Waals surface area contributed by atoms with Gasteiger partial charge in [-0.25, -0.2) is 4.68 Å². The highest BCUT2D eigenvalue weighted by molar-refractivity contribution is 8.26. The average Bonchev–Trinajstić information content (AvgIpc) is 3.71. The lowest BCUT2D eigenvalue weighted by Gasteiger charge is -2.12. The van der Waals surface area contributed by atoms with E-state index in [1.165, 1.54) is 11.8 Å². The van der Waals surface area contributed by atoms with Crippen LogP contribution in [0, 0.1) is 0 Å². The molecule has 6 rings (SSSR count). The predicted octanol–water partition coefficient (Wildman–Crippen LogP) is 7.77. The first-order valence-corrected chi connectivity index (χ1v) is 14.0. The lowest BCUT2D eigenvalue weighted by atomic mass is 10.1. The summed E-state index contributed by atoms with van der Waals surface area (Å²) in [6, 6.07) is 28.8.